The minimum Gasteiger partial charge on any atom is -0.393 e. The third-order valence-electron chi connectivity index (χ3n) is 6.72. The molecule has 0 bridgehead atoms. The number of benzene rings is 2. The number of piperidine rings is 1. The van der Waals surface area contributed by atoms with E-state index >= 15 is 0 Å². The van der Waals surface area contributed by atoms with E-state index in [-0.39, 0.29) is 40.7 Å². The summed E-state index contributed by atoms with van der Waals surface area (Å²) in [7, 11) is 0. The zero-order valence-electron chi connectivity index (χ0n) is 21.0. The summed E-state index contributed by atoms with van der Waals surface area (Å²) in [6, 6.07) is 7.65. The van der Waals surface area contributed by atoms with Crippen LogP contribution in [0.4, 0.5) is 24.8 Å². The van der Waals surface area contributed by atoms with Gasteiger partial charge in [0.25, 0.3) is 0 Å². The number of aryl methyl sites for hydroxylation is 1. The number of nitrogens with zero attached hydrogens (tertiary/aromatic N) is 5. The summed E-state index contributed by atoms with van der Waals surface area (Å²) >= 11 is 0. The molecule has 1 aliphatic rings. The smallest absolute Gasteiger partial charge is 0.227 e. The number of hydrogen-bond donors (Lipinski definition) is 2. The lowest BCUT2D eigenvalue weighted by atomic mass is 10.1. The second kappa shape index (κ2) is 10.1. The first-order chi connectivity index (χ1) is 17.7. The quantitative estimate of drug-likeness (QED) is 0.357. The number of aromatic nitrogens is 4. The van der Waals surface area contributed by atoms with Crippen LogP contribution in [-0.2, 0) is 6.54 Å². The van der Waals surface area contributed by atoms with E-state index in [0.717, 1.165) is 19.3 Å². The molecule has 2 N–H and O–H groups in total. The van der Waals surface area contributed by atoms with E-state index in [4.69, 9.17) is 0 Å². The molecule has 4 aromatic rings. The highest BCUT2D eigenvalue weighted by atomic mass is 19.1. The fourth-order valence-electron chi connectivity index (χ4n) is 4.89. The van der Waals surface area contributed by atoms with Crippen molar-refractivity contribution in [3.8, 4) is 11.3 Å². The fourth-order valence-corrected chi connectivity index (χ4v) is 4.89. The van der Waals surface area contributed by atoms with Crippen molar-refractivity contribution in [2.45, 2.75) is 52.3 Å². The van der Waals surface area contributed by atoms with Gasteiger partial charge >= 0.3 is 0 Å². The summed E-state index contributed by atoms with van der Waals surface area (Å²) in [5.74, 6) is -0.936. The number of rotatable bonds is 6. The first kappa shape index (κ1) is 25.2. The van der Waals surface area contributed by atoms with Crippen molar-refractivity contribution in [3.63, 3.8) is 0 Å². The van der Waals surface area contributed by atoms with Gasteiger partial charge in [-0.15, -0.1) is 0 Å². The Hall–Kier alpha value is -3.50. The van der Waals surface area contributed by atoms with E-state index in [1.165, 1.54) is 12.1 Å². The minimum absolute atomic E-state index is 0.0338. The molecular weight excluding hydrogens is 481 g/mol. The number of aliphatic hydroxyl groups excluding tert-OH is 1. The molecule has 194 valence electrons. The maximum Gasteiger partial charge on any atom is 0.227 e. The molecule has 1 fully saturated rings. The summed E-state index contributed by atoms with van der Waals surface area (Å²) in [6.45, 7) is 7.62. The lowest BCUT2D eigenvalue weighted by Crippen LogP contribution is -2.35. The second-order valence-corrected chi connectivity index (χ2v) is 9.78. The van der Waals surface area contributed by atoms with Crippen molar-refractivity contribution in [2.75, 3.05) is 18.4 Å². The third kappa shape index (κ3) is 5.17. The highest BCUT2D eigenvalue weighted by Crippen LogP contribution is 2.30. The van der Waals surface area contributed by atoms with Crippen molar-refractivity contribution in [3.05, 3.63) is 65.4 Å². The van der Waals surface area contributed by atoms with Crippen molar-refractivity contribution < 1.29 is 18.3 Å². The molecule has 7 nitrogen and oxygen atoms in total. The molecule has 3 heterocycles. The predicted molar refractivity (Wildman–Crippen MR) is 136 cm³/mol. The molecule has 5 rings (SSSR count). The SMILES string of the molecule is Cc1nc2c(F)cc(-c3nc(Nc4ccc(CN5CCC(O)CC5)c(F)c4)ncc3F)cc2n1C(C)C. The van der Waals surface area contributed by atoms with Crippen molar-refractivity contribution in [1.29, 1.82) is 0 Å². The van der Waals surface area contributed by atoms with Crippen molar-refractivity contribution in [2.24, 2.45) is 0 Å². The first-order valence-corrected chi connectivity index (χ1v) is 12.4. The summed E-state index contributed by atoms with van der Waals surface area (Å²) in [4.78, 5) is 14.7. The highest BCUT2D eigenvalue weighted by Gasteiger charge is 2.20. The monoisotopic (exact) mass is 510 g/mol. The number of hydrogen-bond acceptors (Lipinski definition) is 6. The molecule has 0 unspecified atom stereocenters. The molecule has 0 radical (unpaired) electrons. The number of fused-ring (bicyclic) bond motifs is 1. The first-order valence-electron chi connectivity index (χ1n) is 12.4. The molecule has 2 aromatic carbocycles. The van der Waals surface area contributed by atoms with Gasteiger partial charge in [-0.05, 0) is 57.9 Å². The Morgan fingerprint density at radius 1 is 1.03 bits per heavy atom. The molecular formula is C27H29F3N6O. The van der Waals surface area contributed by atoms with Crippen LogP contribution < -0.4 is 5.32 Å². The van der Waals surface area contributed by atoms with E-state index in [9.17, 15) is 18.3 Å². The molecule has 0 aliphatic carbocycles. The molecule has 1 aliphatic heterocycles. The lowest BCUT2D eigenvalue weighted by Gasteiger charge is -2.29. The summed E-state index contributed by atoms with van der Waals surface area (Å²) in [5.41, 5.74) is 1.90. The lowest BCUT2D eigenvalue weighted by molar-refractivity contribution is 0.0787. The number of halogens is 3. The number of likely N-dealkylation sites (tertiary alicyclic amines) is 1. The van der Waals surface area contributed by atoms with Gasteiger partial charge in [-0.3, -0.25) is 4.90 Å². The standard InChI is InChI=1S/C27H29F3N6O/c1-15(2)36-16(3)32-26-22(29)10-18(11-24(26)36)25-23(30)13-31-27(34-25)33-19-5-4-17(21(28)12-19)14-35-8-6-20(37)7-9-35/h4-5,10-13,15,20,37H,6-9,14H2,1-3H3,(H,31,33,34). The largest absolute Gasteiger partial charge is 0.393 e. The van der Waals surface area contributed by atoms with E-state index in [1.54, 1.807) is 25.1 Å². The van der Waals surface area contributed by atoms with Gasteiger partial charge in [-0.1, -0.05) is 6.07 Å². The van der Waals surface area contributed by atoms with Crippen LogP contribution in [0.3, 0.4) is 0 Å². The van der Waals surface area contributed by atoms with Crippen LogP contribution in [0.25, 0.3) is 22.3 Å². The van der Waals surface area contributed by atoms with Gasteiger partial charge in [0.15, 0.2) is 11.6 Å². The zero-order valence-corrected chi connectivity index (χ0v) is 21.0. The Morgan fingerprint density at radius 3 is 2.49 bits per heavy atom. The predicted octanol–water partition coefficient (Wildman–Crippen LogP) is 5.50. The molecule has 0 spiro atoms. The van der Waals surface area contributed by atoms with Gasteiger partial charge in [0.1, 0.15) is 22.9 Å². The Kier molecular flexibility index (Phi) is 6.87. The highest BCUT2D eigenvalue weighted by molar-refractivity contribution is 5.83. The van der Waals surface area contributed by atoms with Crippen LogP contribution in [0.5, 0.6) is 0 Å². The normalized spacial score (nSPS) is 15.1. The Morgan fingerprint density at radius 2 is 1.78 bits per heavy atom. The zero-order chi connectivity index (χ0) is 26.3. The summed E-state index contributed by atoms with van der Waals surface area (Å²) in [5, 5.41) is 12.6. The summed E-state index contributed by atoms with van der Waals surface area (Å²) in [6.07, 6.45) is 2.09. The van der Waals surface area contributed by atoms with Crippen LogP contribution >= 0.6 is 0 Å². The average Bonchev–Trinajstić information content (AvgIpc) is 3.20. The van der Waals surface area contributed by atoms with Gasteiger partial charge < -0.3 is 15.0 Å². The van der Waals surface area contributed by atoms with E-state index in [2.05, 4.69) is 25.2 Å². The Bertz CT molecular complexity index is 1450. The topological polar surface area (TPSA) is 79.1 Å². The Balaban J connectivity index is 1.40. The molecule has 37 heavy (non-hydrogen) atoms. The maximum absolute atomic E-state index is 14.9. The number of aliphatic hydroxyl groups is 1. The molecule has 0 atom stereocenters. The van der Waals surface area contributed by atoms with Crippen LogP contribution in [-0.4, -0.2) is 48.7 Å². The number of anilines is 2. The maximum atomic E-state index is 14.9. The van der Waals surface area contributed by atoms with Crippen LogP contribution in [0.2, 0.25) is 0 Å². The van der Waals surface area contributed by atoms with Crippen LogP contribution in [0.1, 0.15) is 44.1 Å². The summed E-state index contributed by atoms with van der Waals surface area (Å²) < 4.78 is 46.4. The molecule has 1 saturated heterocycles. The van der Waals surface area contributed by atoms with Gasteiger partial charge in [0.2, 0.25) is 5.95 Å². The fraction of sp³-hybridized carbons (Fsp3) is 0.370. The van der Waals surface area contributed by atoms with E-state index in [1.807, 2.05) is 18.4 Å². The molecule has 0 amide bonds. The van der Waals surface area contributed by atoms with Crippen LogP contribution in [0, 0.1) is 24.4 Å². The third-order valence-corrected chi connectivity index (χ3v) is 6.72. The van der Waals surface area contributed by atoms with Crippen molar-refractivity contribution in [1.82, 2.24) is 24.4 Å². The van der Waals surface area contributed by atoms with Gasteiger partial charge in [-0.25, -0.2) is 28.1 Å². The van der Waals surface area contributed by atoms with E-state index in [0.29, 0.717) is 42.0 Å². The number of imidazole rings is 1. The van der Waals surface area contributed by atoms with E-state index < -0.39 is 11.6 Å². The second-order valence-electron chi connectivity index (χ2n) is 9.78. The van der Waals surface area contributed by atoms with Crippen molar-refractivity contribution >= 4 is 22.7 Å². The minimum atomic E-state index is -0.704. The number of nitrogens with one attached hydrogen (secondary N) is 1. The van der Waals surface area contributed by atoms with Crippen LogP contribution in [0.15, 0.2) is 36.5 Å². The Labute approximate surface area is 213 Å². The molecule has 0 saturated carbocycles. The average molecular weight is 511 g/mol. The van der Waals surface area contributed by atoms with Gasteiger partial charge in [0, 0.05) is 42.5 Å². The molecule has 10 heteroatoms. The molecule has 2 aromatic heterocycles. The van der Waals surface area contributed by atoms with Gasteiger partial charge in [0.05, 0.1) is 17.8 Å². The van der Waals surface area contributed by atoms with Gasteiger partial charge in [-0.2, -0.15) is 0 Å².